The Balaban J connectivity index is 1.88. The van der Waals surface area contributed by atoms with Crippen LogP contribution in [0.4, 0.5) is 5.82 Å². The number of nitrogens with zero attached hydrogens (tertiary/aromatic N) is 3. The molecule has 1 unspecified atom stereocenters. The number of aromatic nitrogens is 3. The van der Waals surface area contributed by atoms with Crippen molar-refractivity contribution >= 4 is 5.82 Å². The van der Waals surface area contributed by atoms with Gasteiger partial charge in [0.25, 0.3) is 5.89 Å². The summed E-state index contributed by atoms with van der Waals surface area (Å²) in [5.41, 5.74) is 6.20. The van der Waals surface area contributed by atoms with E-state index in [9.17, 15) is 0 Å². The predicted octanol–water partition coefficient (Wildman–Crippen LogP) is 1.81. The van der Waals surface area contributed by atoms with Crippen molar-refractivity contribution < 1.29 is 9.26 Å². The summed E-state index contributed by atoms with van der Waals surface area (Å²) >= 11 is 0. The molecule has 0 aromatic carbocycles. The van der Waals surface area contributed by atoms with E-state index >= 15 is 0 Å². The molecule has 3 rings (SSSR count). The summed E-state index contributed by atoms with van der Waals surface area (Å²) in [4.78, 5) is 8.48. The van der Waals surface area contributed by atoms with Gasteiger partial charge in [-0.2, -0.15) is 4.98 Å². The third-order valence-electron chi connectivity index (χ3n) is 2.99. The van der Waals surface area contributed by atoms with Crippen LogP contribution in [0.3, 0.4) is 0 Å². The average molecular weight is 246 g/mol. The second kappa shape index (κ2) is 4.38. The fraction of sp³-hybridized carbons (Fsp3) is 0.417. The van der Waals surface area contributed by atoms with E-state index in [0.29, 0.717) is 29.1 Å². The summed E-state index contributed by atoms with van der Waals surface area (Å²) < 4.78 is 10.6. The number of pyridine rings is 1. The van der Waals surface area contributed by atoms with Crippen molar-refractivity contribution in [3.8, 4) is 11.6 Å². The molecule has 0 bridgehead atoms. The molecule has 1 saturated carbocycles. The van der Waals surface area contributed by atoms with Crippen molar-refractivity contribution in [1.82, 2.24) is 15.1 Å². The molecule has 0 amide bonds. The van der Waals surface area contributed by atoms with Gasteiger partial charge in [0.05, 0.1) is 0 Å². The number of rotatable bonds is 4. The first-order valence-electron chi connectivity index (χ1n) is 5.87. The minimum absolute atomic E-state index is 0.0800. The standard InChI is InChI=1S/C12H14N4O2/c1-17-10(7-5-6-7)11-15-12(18-16-11)8-3-2-4-9(13)14-8/h2-4,7,10H,5-6H2,1H3,(H2,13,14). The van der Waals surface area contributed by atoms with Gasteiger partial charge < -0.3 is 15.0 Å². The van der Waals surface area contributed by atoms with E-state index in [4.69, 9.17) is 15.0 Å². The highest BCUT2D eigenvalue weighted by Gasteiger charge is 2.35. The van der Waals surface area contributed by atoms with Gasteiger partial charge in [0.2, 0.25) is 5.82 Å². The summed E-state index contributed by atoms with van der Waals surface area (Å²) in [6, 6.07) is 5.30. The molecule has 94 valence electrons. The largest absolute Gasteiger partial charge is 0.384 e. The van der Waals surface area contributed by atoms with Gasteiger partial charge in [-0.1, -0.05) is 11.2 Å². The van der Waals surface area contributed by atoms with Crippen molar-refractivity contribution in [2.75, 3.05) is 12.8 Å². The number of methoxy groups -OCH3 is 1. The second-order valence-electron chi connectivity index (χ2n) is 4.40. The lowest BCUT2D eigenvalue weighted by Crippen LogP contribution is -2.05. The zero-order valence-corrected chi connectivity index (χ0v) is 10.0. The van der Waals surface area contributed by atoms with E-state index in [2.05, 4.69) is 15.1 Å². The van der Waals surface area contributed by atoms with Crippen LogP contribution in [0, 0.1) is 5.92 Å². The Morgan fingerprint density at radius 3 is 2.89 bits per heavy atom. The van der Waals surface area contributed by atoms with Crippen LogP contribution in [0.15, 0.2) is 22.7 Å². The Labute approximate surface area is 104 Å². The molecule has 1 aliphatic rings. The normalized spacial score (nSPS) is 16.7. The fourth-order valence-electron chi connectivity index (χ4n) is 1.93. The molecule has 0 saturated heterocycles. The highest BCUT2D eigenvalue weighted by atomic mass is 16.5. The minimum atomic E-state index is -0.0800. The maximum Gasteiger partial charge on any atom is 0.276 e. The molecular formula is C12H14N4O2. The van der Waals surface area contributed by atoms with Gasteiger partial charge in [-0.05, 0) is 30.9 Å². The SMILES string of the molecule is COC(c1noc(-c2cccc(N)n2)n1)C1CC1. The average Bonchev–Trinajstić information content (AvgIpc) is 3.07. The summed E-state index contributed by atoms with van der Waals surface area (Å²) in [6.45, 7) is 0. The fourth-order valence-corrected chi connectivity index (χ4v) is 1.93. The highest BCUT2D eigenvalue weighted by molar-refractivity contribution is 5.50. The van der Waals surface area contributed by atoms with E-state index in [1.165, 1.54) is 0 Å². The smallest absolute Gasteiger partial charge is 0.276 e. The van der Waals surface area contributed by atoms with Crippen LogP contribution >= 0.6 is 0 Å². The summed E-state index contributed by atoms with van der Waals surface area (Å²) in [7, 11) is 1.66. The second-order valence-corrected chi connectivity index (χ2v) is 4.40. The Morgan fingerprint density at radius 1 is 1.39 bits per heavy atom. The van der Waals surface area contributed by atoms with Crippen molar-refractivity contribution in [3.63, 3.8) is 0 Å². The van der Waals surface area contributed by atoms with E-state index in [0.717, 1.165) is 12.8 Å². The van der Waals surface area contributed by atoms with E-state index < -0.39 is 0 Å². The van der Waals surface area contributed by atoms with Gasteiger partial charge in [0.15, 0.2) is 0 Å². The van der Waals surface area contributed by atoms with Gasteiger partial charge in [-0.3, -0.25) is 0 Å². The maximum absolute atomic E-state index is 5.62. The topological polar surface area (TPSA) is 87.1 Å². The molecule has 2 aromatic heterocycles. The monoisotopic (exact) mass is 246 g/mol. The summed E-state index contributed by atoms with van der Waals surface area (Å²) in [5, 5.41) is 3.96. The molecule has 2 aromatic rings. The Bertz CT molecular complexity index is 551. The van der Waals surface area contributed by atoms with Crippen LogP contribution in [-0.4, -0.2) is 22.2 Å². The molecule has 0 aliphatic heterocycles. The zero-order valence-electron chi connectivity index (χ0n) is 10.0. The molecule has 0 radical (unpaired) electrons. The summed E-state index contributed by atoms with van der Waals surface area (Å²) in [5.74, 6) is 1.89. The number of hydrogen-bond acceptors (Lipinski definition) is 6. The number of ether oxygens (including phenoxy) is 1. The van der Waals surface area contributed by atoms with Crippen LogP contribution in [0.25, 0.3) is 11.6 Å². The zero-order chi connectivity index (χ0) is 12.5. The van der Waals surface area contributed by atoms with Crippen LogP contribution in [0.5, 0.6) is 0 Å². The molecule has 2 heterocycles. The van der Waals surface area contributed by atoms with Crippen LogP contribution in [0.1, 0.15) is 24.8 Å². The van der Waals surface area contributed by atoms with Crippen LogP contribution < -0.4 is 5.73 Å². The molecule has 1 fully saturated rings. The minimum Gasteiger partial charge on any atom is -0.384 e. The van der Waals surface area contributed by atoms with E-state index in [-0.39, 0.29) is 6.10 Å². The number of anilines is 1. The first-order valence-corrected chi connectivity index (χ1v) is 5.87. The Hall–Kier alpha value is -1.95. The lowest BCUT2D eigenvalue weighted by molar-refractivity contribution is 0.0751. The van der Waals surface area contributed by atoms with Crippen LogP contribution in [-0.2, 0) is 4.74 Å². The van der Waals surface area contributed by atoms with Gasteiger partial charge in [-0.25, -0.2) is 4.98 Å². The first-order chi connectivity index (χ1) is 8.78. The molecule has 0 spiro atoms. The lowest BCUT2D eigenvalue weighted by Gasteiger charge is -2.08. The molecule has 6 heteroatoms. The van der Waals surface area contributed by atoms with Gasteiger partial charge in [0.1, 0.15) is 17.6 Å². The Kier molecular flexibility index (Phi) is 2.71. The Morgan fingerprint density at radius 2 is 2.22 bits per heavy atom. The van der Waals surface area contributed by atoms with Crippen molar-refractivity contribution in [1.29, 1.82) is 0 Å². The third kappa shape index (κ3) is 2.06. The summed E-state index contributed by atoms with van der Waals surface area (Å²) in [6.07, 6.45) is 2.22. The maximum atomic E-state index is 5.62. The van der Waals surface area contributed by atoms with Gasteiger partial charge >= 0.3 is 0 Å². The molecule has 1 atom stereocenters. The number of hydrogen-bond donors (Lipinski definition) is 1. The van der Waals surface area contributed by atoms with Gasteiger partial charge in [0, 0.05) is 7.11 Å². The molecule has 18 heavy (non-hydrogen) atoms. The van der Waals surface area contributed by atoms with Crippen molar-refractivity contribution in [3.05, 3.63) is 24.0 Å². The van der Waals surface area contributed by atoms with Crippen molar-refractivity contribution in [2.45, 2.75) is 18.9 Å². The highest BCUT2D eigenvalue weighted by Crippen LogP contribution is 2.42. The number of nitrogen functional groups attached to an aromatic ring is 1. The van der Waals surface area contributed by atoms with E-state index in [1.54, 1.807) is 25.3 Å². The first kappa shape index (κ1) is 11.2. The lowest BCUT2D eigenvalue weighted by atomic mass is 10.2. The van der Waals surface area contributed by atoms with Crippen molar-refractivity contribution in [2.24, 2.45) is 5.92 Å². The molecule has 2 N–H and O–H groups in total. The van der Waals surface area contributed by atoms with Gasteiger partial charge in [-0.15, -0.1) is 0 Å². The third-order valence-corrected chi connectivity index (χ3v) is 2.99. The molecule has 6 nitrogen and oxygen atoms in total. The van der Waals surface area contributed by atoms with Crippen LogP contribution in [0.2, 0.25) is 0 Å². The molecule has 1 aliphatic carbocycles. The van der Waals surface area contributed by atoms with E-state index in [1.807, 2.05) is 0 Å². The predicted molar refractivity (Wildman–Crippen MR) is 64.4 cm³/mol. The number of nitrogens with two attached hydrogens (primary N) is 1. The quantitative estimate of drug-likeness (QED) is 0.885. The molecular weight excluding hydrogens is 232 g/mol.